The molecule has 1 amide bonds. The maximum absolute atomic E-state index is 12.2. The summed E-state index contributed by atoms with van der Waals surface area (Å²) in [4.78, 5) is 20.2. The van der Waals surface area contributed by atoms with Crippen LogP contribution in [-0.4, -0.2) is 33.8 Å². The predicted molar refractivity (Wildman–Crippen MR) is 91.6 cm³/mol. The number of H-pyrrole nitrogens is 1. The van der Waals surface area contributed by atoms with E-state index in [-0.39, 0.29) is 11.7 Å². The van der Waals surface area contributed by atoms with Crippen molar-refractivity contribution in [3.63, 3.8) is 0 Å². The normalized spacial score (nSPS) is 10.6. The number of ether oxygens (including phenoxy) is 1. The Morgan fingerprint density at radius 1 is 1.29 bits per heavy atom. The van der Waals surface area contributed by atoms with E-state index in [0.29, 0.717) is 27.4 Å². The first kappa shape index (κ1) is 15.8. The summed E-state index contributed by atoms with van der Waals surface area (Å²) < 4.78 is 5.73. The standard InChI is InChI=1S/C16H14ClN5O2/c1-22(16(18)19)15(23)14-8-11-12(17)6-10(7-13(11)21-14)24-9-2-4-20-5-3-9/h2-8,21H,1H3,(H3,18,19). The summed E-state index contributed by atoms with van der Waals surface area (Å²) in [6.07, 6.45) is 3.25. The summed E-state index contributed by atoms with van der Waals surface area (Å²) in [6.45, 7) is 0. The fraction of sp³-hybridized carbons (Fsp3) is 0.0625. The van der Waals surface area contributed by atoms with Crippen molar-refractivity contribution in [2.75, 3.05) is 7.05 Å². The number of fused-ring (bicyclic) bond motifs is 1. The lowest BCUT2D eigenvalue weighted by Gasteiger charge is -2.12. The van der Waals surface area contributed by atoms with Crippen LogP contribution in [0.2, 0.25) is 5.02 Å². The summed E-state index contributed by atoms with van der Waals surface area (Å²) in [7, 11) is 1.43. The molecule has 122 valence electrons. The molecule has 0 aliphatic heterocycles. The molecule has 0 radical (unpaired) electrons. The molecule has 0 spiro atoms. The molecule has 7 nitrogen and oxygen atoms in total. The van der Waals surface area contributed by atoms with Crippen molar-refractivity contribution in [2.45, 2.75) is 0 Å². The summed E-state index contributed by atoms with van der Waals surface area (Å²) in [5, 5.41) is 8.46. The van der Waals surface area contributed by atoms with Gasteiger partial charge in [0.25, 0.3) is 5.91 Å². The number of pyridine rings is 1. The van der Waals surface area contributed by atoms with Crippen molar-refractivity contribution in [3.05, 3.63) is 53.4 Å². The number of nitrogens with two attached hydrogens (primary N) is 1. The summed E-state index contributed by atoms with van der Waals surface area (Å²) >= 11 is 6.28. The Labute approximate surface area is 142 Å². The maximum Gasteiger partial charge on any atom is 0.276 e. The fourth-order valence-corrected chi connectivity index (χ4v) is 2.44. The minimum Gasteiger partial charge on any atom is -0.457 e. The van der Waals surface area contributed by atoms with Crippen LogP contribution in [0.25, 0.3) is 10.9 Å². The number of aromatic amines is 1. The molecule has 0 aliphatic rings. The average molecular weight is 344 g/mol. The number of amides is 1. The lowest BCUT2D eigenvalue weighted by atomic mass is 10.2. The van der Waals surface area contributed by atoms with Crippen LogP contribution in [0.3, 0.4) is 0 Å². The molecule has 8 heteroatoms. The first-order valence-corrected chi connectivity index (χ1v) is 7.35. The summed E-state index contributed by atoms with van der Waals surface area (Å²) in [5.41, 5.74) is 6.26. The van der Waals surface area contributed by atoms with Crippen molar-refractivity contribution in [3.8, 4) is 11.5 Å². The Kier molecular flexibility index (Phi) is 4.09. The first-order valence-electron chi connectivity index (χ1n) is 6.98. The van der Waals surface area contributed by atoms with Gasteiger partial charge in [0, 0.05) is 37.0 Å². The molecule has 0 unspecified atom stereocenters. The monoisotopic (exact) mass is 343 g/mol. The van der Waals surface area contributed by atoms with Gasteiger partial charge in [-0.25, -0.2) is 0 Å². The number of aromatic nitrogens is 2. The SMILES string of the molecule is CN(C(=N)N)C(=O)c1cc2c(Cl)cc(Oc3ccncc3)cc2[nH]1. The highest BCUT2D eigenvalue weighted by Gasteiger charge is 2.17. The number of benzene rings is 1. The van der Waals surface area contributed by atoms with Crippen LogP contribution in [0.1, 0.15) is 10.5 Å². The van der Waals surface area contributed by atoms with Crippen molar-refractivity contribution < 1.29 is 9.53 Å². The highest BCUT2D eigenvalue weighted by molar-refractivity contribution is 6.35. The van der Waals surface area contributed by atoms with E-state index in [2.05, 4.69) is 9.97 Å². The number of hydrogen-bond donors (Lipinski definition) is 3. The largest absolute Gasteiger partial charge is 0.457 e. The number of nitrogens with one attached hydrogen (secondary N) is 2. The van der Waals surface area contributed by atoms with Crippen LogP contribution >= 0.6 is 11.6 Å². The minimum atomic E-state index is -0.425. The van der Waals surface area contributed by atoms with Crippen LogP contribution in [0, 0.1) is 5.41 Å². The second kappa shape index (κ2) is 6.21. The molecule has 0 atom stereocenters. The third kappa shape index (κ3) is 3.02. The zero-order chi connectivity index (χ0) is 17.3. The molecule has 0 bridgehead atoms. The third-order valence-corrected chi connectivity index (χ3v) is 3.76. The molecular weight excluding hydrogens is 330 g/mol. The number of carbonyl (C=O) groups excluding carboxylic acids is 1. The number of nitrogens with zero attached hydrogens (tertiary/aromatic N) is 2. The smallest absolute Gasteiger partial charge is 0.276 e. The molecule has 2 aromatic heterocycles. The lowest BCUT2D eigenvalue weighted by Crippen LogP contribution is -2.38. The van der Waals surface area contributed by atoms with E-state index in [9.17, 15) is 4.79 Å². The van der Waals surface area contributed by atoms with Gasteiger partial charge in [-0.2, -0.15) is 0 Å². The second-order valence-electron chi connectivity index (χ2n) is 5.08. The lowest BCUT2D eigenvalue weighted by molar-refractivity contribution is 0.0864. The summed E-state index contributed by atoms with van der Waals surface area (Å²) in [6, 6.07) is 8.48. The van der Waals surface area contributed by atoms with Gasteiger partial charge in [0.15, 0.2) is 5.96 Å². The molecule has 0 fully saturated rings. The van der Waals surface area contributed by atoms with Crippen LogP contribution in [0.4, 0.5) is 0 Å². The van der Waals surface area contributed by atoms with Gasteiger partial charge < -0.3 is 15.5 Å². The van der Waals surface area contributed by atoms with E-state index >= 15 is 0 Å². The molecule has 3 rings (SSSR count). The molecule has 0 saturated carbocycles. The molecule has 0 aliphatic carbocycles. The van der Waals surface area contributed by atoms with Crippen LogP contribution in [0.5, 0.6) is 11.5 Å². The van der Waals surface area contributed by atoms with E-state index in [1.807, 2.05) is 0 Å². The Balaban J connectivity index is 1.96. The Hall–Kier alpha value is -3.06. The molecule has 4 N–H and O–H groups in total. The van der Waals surface area contributed by atoms with E-state index in [0.717, 1.165) is 4.90 Å². The van der Waals surface area contributed by atoms with Crippen molar-refractivity contribution >= 4 is 34.4 Å². The quantitative estimate of drug-likeness (QED) is 0.501. The molecular formula is C16H14ClN5O2. The number of halogens is 1. The van der Waals surface area contributed by atoms with Gasteiger partial charge in [-0.1, -0.05) is 11.6 Å². The van der Waals surface area contributed by atoms with E-state index in [1.54, 1.807) is 42.7 Å². The Bertz CT molecular complexity index is 923. The number of rotatable bonds is 3. The van der Waals surface area contributed by atoms with Gasteiger partial charge >= 0.3 is 0 Å². The topological polar surface area (TPSA) is 108 Å². The second-order valence-corrected chi connectivity index (χ2v) is 5.49. The van der Waals surface area contributed by atoms with Crippen LogP contribution in [-0.2, 0) is 0 Å². The molecule has 3 aromatic rings. The zero-order valence-electron chi connectivity index (χ0n) is 12.7. The molecule has 2 heterocycles. The summed E-state index contributed by atoms with van der Waals surface area (Å²) in [5.74, 6) is 0.386. The van der Waals surface area contributed by atoms with Crippen LogP contribution in [0.15, 0.2) is 42.7 Å². The first-order chi connectivity index (χ1) is 11.5. The van der Waals surface area contributed by atoms with Gasteiger partial charge in [-0.05, 0) is 18.2 Å². The number of hydrogen-bond acceptors (Lipinski definition) is 4. The molecule has 1 aromatic carbocycles. The van der Waals surface area contributed by atoms with E-state index in [4.69, 9.17) is 27.5 Å². The number of carbonyl (C=O) groups is 1. The molecule has 0 saturated heterocycles. The van der Waals surface area contributed by atoms with E-state index in [1.165, 1.54) is 7.05 Å². The van der Waals surface area contributed by atoms with Gasteiger partial charge in [-0.3, -0.25) is 20.1 Å². The zero-order valence-corrected chi connectivity index (χ0v) is 13.5. The Morgan fingerprint density at radius 3 is 2.67 bits per heavy atom. The van der Waals surface area contributed by atoms with Gasteiger partial charge in [-0.15, -0.1) is 0 Å². The minimum absolute atomic E-state index is 0.283. The maximum atomic E-state index is 12.2. The third-order valence-electron chi connectivity index (χ3n) is 3.44. The fourth-order valence-electron chi connectivity index (χ4n) is 2.18. The van der Waals surface area contributed by atoms with Crippen molar-refractivity contribution in [2.24, 2.45) is 5.73 Å². The highest BCUT2D eigenvalue weighted by Crippen LogP contribution is 2.32. The van der Waals surface area contributed by atoms with Crippen molar-refractivity contribution in [1.82, 2.24) is 14.9 Å². The average Bonchev–Trinajstić information content (AvgIpc) is 2.99. The van der Waals surface area contributed by atoms with Gasteiger partial charge in [0.05, 0.1) is 10.5 Å². The van der Waals surface area contributed by atoms with E-state index < -0.39 is 5.91 Å². The Morgan fingerprint density at radius 2 is 2.00 bits per heavy atom. The van der Waals surface area contributed by atoms with Gasteiger partial charge in [0.2, 0.25) is 0 Å². The van der Waals surface area contributed by atoms with Crippen molar-refractivity contribution in [1.29, 1.82) is 5.41 Å². The van der Waals surface area contributed by atoms with Gasteiger partial charge in [0.1, 0.15) is 17.2 Å². The predicted octanol–water partition coefficient (Wildman–Crippen LogP) is 2.97. The number of guanidine groups is 1. The van der Waals surface area contributed by atoms with Crippen LogP contribution < -0.4 is 10.5 Å². The highest BCUT2D eigenvalue weighted by atomic mass is 35.5. The molecule has 24 heavy (non-hydrogen) atoms.